The Bertz CT molecular complexity index is 1240. The second kappa shape index (κ2) is 10.4. The van der Waals surface area contributed by atoms with E-state index in [0.717, 1.165) is 0 Å². The highest BCUT2D eigenvalue weighted by Crippen LogP contribution is 2.30. The molecule has 0 atom stereocenters. The zero-order valence-corrected chi connectivity index (χ0v) is 18.4. The van der Waals surface area contributed by atoms with Gasteiger partial charge in [0, 0.05) is 59.9 Å². The molecule has 186 valence electrons. The van der Waals surface area contributed by atoms with Crippen LogP contribution < -0.4 is 0 Å². The molecule has 0 saturated heterocycles. The molecule has 36 heavy (non-hydrogen) atoms. The molecule has 0 radical (unpaired) electrons. The molecule has 0 amide bonds. The molecule has 2 aromatic carbocycles. The Hall–Kier alpha value is -3.82. The highest BCUT2D eigenvalue weighted by atomic mass is 19.2. The topological polar surface area (TPSA) is 25.8 Å². The van der Waals surface area contributed by atoms with Crippen LogP contribution in [-0.2, 0) is 25.7 Å². The number of pyridine rings is 2. The molecule has 0 aliphatic rings. The second-order valence-electron chi connectivity index (χ2n) is 7.99. The van der Waals surface area contributed by atoms with Gasteiger partial charge in [0.25, 0.3) is 0 Å². The van der Waals surface area contributed by atoms with Crippen molar-refractivity contribution in [2.75, 3.05) is 0 Å². The van der Waals surface area contributed by atoms with Gasteiger partial charge in [-0.3, -0.25) is 9.97 Å². The fourth-order valence-electron chi connectivity index (χ4n) is 3.85. The molecule has 2 aromatic heterocycles. The Balaban J connectivity index is 1.64. The van der Waals surface area contributed by atoms with Gasteiger partial charge in [-0.15, -0.1) is 0 Å². The first-order valence-electron chi connectivity index (χ1n) is 10.7. The van der Waals surface area contributed by atoms with Crippen LogP contribution in [0.15, 0.2) is 49.1 Å². The molecule has 0 saturated carbocycles. The summed E-state index contributed by atoms with van der Waals surface area (Å²) in [5, 5.41) is 0. The van der Waals surface area contributed by atoms with Crippen LogP contribution in [0.25, 0.3) is 0 Å². The summed E-state index contributed by atoms with van der Waals surface area (Å²) in [6.07, 6.45) is 2.44. The molecule has 0 N–H and O–H groups in total. The predicted octanol–water partition coefficient (Wildman–Crippen LogP) is 6.56. The third-order valence-electron chi connectivity index (χ3n) is 5.78. The molecular weight excluding hydrogens is 492 g/mol. The van der Waals surface area contributed by atoms with Crippen LogP contribution in [-0.4, -0.2) is 9.97 Å². The maximum absolute atomic E-state index is 14.6. The fraction of sp³-hybridized carbons (Fsp3) is 0.154. The largest absolute Gasteiger partial charge is 0.265 e. The van der Waals surface area contributed by atoms with E-state index < -0.39 is 94.5 Å². The Kier molecular flexibility index (Phi) is 7.32. The van der Waals surface area contributed by atoms with Crippen molar-refractivity contribution in [1.82, 2.24) is 9.97 Å². The van der Waals surface area contributed by atoms with Crippen molar-refractivity contribution < 1.29 is 35.1 Å². The lowest BCUT2D eigenvalue weighted by Gasteiger charge is -2.14. The second-order valence-corrected chi connectivity index (χ2v) is 7.99. The van der Waals surface area contributed by atoms with Gasteiger partial charge in [0.2, 0.25) is 0 Å². The molecule has 2 heterocycles. The maximum Gasteiger partial charge on any atom is 0.165 e. The van der Waals surface area contributed by atoms with Crippen LogP contribution in [0, 0.1) is 46.5 Å². The highest BCUT2D eigenvalue weighted by molar-refractivity contribution is 5.36. The van der Waals surface area contributed by atoms with Gasteiger partial charge >= 0.3 is 0 Å². The van der Waals surface area contributed by atoms with Crippen molar-refractivity contribution in [1.29, 1.82) is 0 Å². The average Bonchev–Trinajstić information content (AvgIpc) is 2.89. The molecule has 0 unspecified atom stereocenters. The van der Waals surface area contributed by atoms with Crippen molar-refractivity contribution in [3.05, 3.63) is 129 Å². The van der Waals surface area contributed by atoms with Gasteiger partial charge in [0.05, 0.1) is 0 Å². The number of hydrogen-bond donors (Lipinski definition) is 0. The SMILES string of the molecule is Fc1c(F)c(Cc2ccncc2)c(F)c(F)c1CCc1c(F)c(F)c(Cc2ccncc2)c(F)c1F. The summed E-state index contributed by atoms with van der Waals surface area (Å²) < 4.78 is 117. The Morgan fingerprint density at radius 1 is 0.389 bits per heavy atom. The third-order valence-corrected chi connectivity index (χ3v) is 5.78. The molecule has 0 fully saturated rings. The summed E-state index contributed by atoms with van der Waals surface area (Å²) in [4.78, 5) is 7.47. The van der Waals surface area contributed by atoms with Gasteiger partial charge in [0.1, 0.15) is 0 Å². The molecule has 0 bridgehead atoms. The normalized spacial score (nSPS) is 11.2. The Morgan fingerprint density at radius 3 is 0.917 bits per heavy atom. The van der Waals surface area contributed by atoms with Crippen LogP contribution in [0.4, 0.5) is 35.1 Å². The quantitative estimate of drug-likeness (QED) is 0.209. The molecular formula is C26H16F8N2. The van der Waals surface area contributed by atoms with Gasteiger partial charge in [-0.05, 0) is 48.2 Å². The summed E-state index contributed by atoms with van der Waals surface area (Å²) in [6, 6.07) is 5.59. The van der Waals surface area contributed by atoms with Crippen molar-refractivity contribution in [3.8, 4) is 0 Å². The number of rotatable bonds is 7. The van der Waals surface area contributed by atoms with Gasteiger partial charge in [0.15, 0.2) is 46.5 Å². The van der Waals surface area contributed by atoms with E-state index in [1.165, 1.54) is 49.1 Å². The van der Waals surface area contributed by atoms with Crippen LogP contribution in [0.1, 0.15) is 33.4 Å². The molecule has 0 aliphatic carbocycles. The Morgan fingerprint density at radius 2 is 0.639 bits per heavy atom. The zero-order valence-electron chi connectivity index (χ0n) is 18.4. The fourth-order valence-corrected chi connectivity index (χ4v) is 3.85. The van der Waals surface area contributed by atoms with Crippen molar-refractivity contribution in [2.45, 2.75) is 25.7 Å². The highest BCUT2D eigenvalue weighted by Gasteiger charge is 2.28. The Labute approximate surface area is 200 Å². The maximum atomic E-state index is 14.6. The number of halogens is 8. The van der Waals surface area contributed by atoms with E-state index in [0.29, 0.717) is 11.1 Å². The standard InChI is InChI=1S/C26H16F8N2/c27-19-15(20(28)24(32)17(23(19)31)11-13-3-7-35-8-4-13)1-2-16-21(29)25(33)18(26(34)22(16)30)12-14-5-9-36-10-6-14/h3-10H,1-2,11-12H2. The molecule has 2 nitrogen and oxygen atoms in total. The number of benzene rings is 2. The van der Waals surface area contributed by atoms with Gasteiger partial charge in [-0.1, -0.05) is 0 Å². The van der Waals surface area contributed by atoms with E-state index in [2.05, 4.69) is 9.97 Å². The smallest absolute Gasteiger partial charge is 0.165 e. The average molecular weight is 508 g/mol. The predicted molar refractivity (Wildman–Crippen MR) is 114 cm³/mol. The first-order chi connectivity index (χ1) is 17.2. The lowest BCUT2D eigenvalue weighted by atomic mass is 9.96. The monoisotopic (exact) mass is 508 g/mol. The van der Waals surface area contributed by atoms with E-state index in [1.807, 2.05) is 0 Å². The van der Waals surface area contributed by atoms with E-state index in [4.69, 9.17) is 0 Å². The number of nitrogens with zero attached hydrogens (tertiary/aromatic N) is 2. The van der Waals surface area contributed by atoms with Crippen molar-refractivity contribution >= 4 is 0 Å². The van der Waals surface area contributed by atoms with Crippen LogP contribution in [0.5, 0.6) is 0 Å². The summed E-state index contributed by atoms with van der Waals surface area (Å²) in [5.74, 6) is -13.7. The number of hydrogen-bond acceptors (Lipinski definition) is 2. The minimum absolute atomic E-state index is 0.330. The summed E-state index contributed by atoms with van der Waals surface area (Å²) >= 11 is 0. The lowest BCUT2D eigenvalue weighted by molar-refractivity contribution is 0.418. The van der Waals surface area contributed by atoms with Gasteiger partial charge in [-0.25, -0.2) is 35.1 Å². The molecule has 4 aromatic rings. The molecule has 10 heteroatoms. The van der Waals surface area contributed by atoms with Crippen LogP contribution in [0.2, 0.25) is 0 Å². The van der Waals surface area contributed by atoms with Crippen molar-refractivity contribution in [3.63, 3.8) is 0 Å². The van der Waals surface area contributed by atoms with Crippen molar-refractivity contribution in [2.24, 2.45) is 0 Å². The zero-order chi connectivity index (χ0) is 26.0. The van der Waals surface area contributed by atoms with Gasteiger partial charge < -0.3 is 0 Å². The first kappa shape index (κ1) is 25.3. The molecule has 0 aliphatic heterocycles. The first-order valence-corrected chi connectivity index (χ1v) is 10.7. The third kappa shape index (κ3) is 4.80. The number of aromatic nitrogens is 2. The van der Waals surface area contributed by atoms with E-state index in [9.17, 15) is 35.1 Å². The molecule has 4 rings (SSSR count). The molecule has 0 spiro atoms. The van der Waals surface area contributed by atoms with E-state index in [-0.39, 0.29) is 0 Å². The summed E-state index contributed by atoms with van der Waals surface area (Å²) in [6.45, 7) is 0. The minimum atomic E-state index is -1.76. The van der Waals surface area contributed by atoms with Gasteiger partial charge in [-0.2, -0.15) is 0 Å². The van der Waals surface area contributed by atoms with E-state index in [1.54, 1.807) is 0 Å². The van der Waals surface area contributed by atoms with E-state index >= 15 is 0 Å². The van der Waals surface area contributed by atoms with Crippen LogP contribution in [0.3, 0.4) is 0 Å². The summed E-state index contributed by atoms with van der Waals surface area (Å²) in [5.41, 5.74) is -3.37. The lowest BCUT2D eigenvalue weighted by Crippen LogP contribution is -2.13. The minimum Gasteiger partial charge on any atom is -0.265 e. The summed E-state index contributed by atoms with van der Waals surface area (Å²) in [7, 11) is 0. The van der Waals surface area contributed by atoms with Crippen LogP contribution >= 0.6 is 0 Å².